The first-order valence-electron chi connectivity index (χ1n) is 9.44. The van der Waals surface area contributed by atoms with Crippen LogP contribution in [-0.4, -0.2) is 23.7 Å². The number of carbonyl (C=O) groups is 2. The molecule has 3 rings (SSSR count). The van der Waals surface area contributed by atoms with Crippen molar-refractivity contribution in [2.24, 2.45) is 23.7 Å². The summed E-state index contributed by atoms with van der Waals surface area (Å²) in [6, 6.07) is 9.83. The second-order valence-corrected chi connectivity index (χ2v) is 8.63. The largest absolute Gasteiger partial charge is 0.461 e. The summed E-state index contributed by atoms with van der Waals surface area (Å²) in [7, 11) is 0. The molecule has 2 fully saturated rings. The van der Waals surface area contributed by atoms with Gasteiger partial charge >= 0.3 is 12.1 Å². The lowest BCUT2D eigenvalue weighted by molar-refractivity contribution is -0.153. The molecular formula is C21H29NO4. The molecule has 5 nitrogen and oxygen atoms in total. The van der Waals surface area contributed by atoms with E-state index in [-0.39, 0.29) is 35.9 Å². The highest BCUT2D eigenvalue weighted by Gasteiger charge is 2.54. The first-order valence-corrected chi connectivity index (χ1v) is 9.44. The van der Waals surface area contributed by atoms with Crippen molar-refractivity contribution in [2.75, 3.05) is 0 Å². The van der Waals surface area contributed by atoms with Crippen molar-refractivity contribution in [1.29, 1.82) is 0 Å². The monoisotopic (exact) mass is 359 g/mol. The maximum Gasteiger partial charge on any atom is 0.407 e. The zero-order chi connectivity index (χ0) is 18.9. The molecule has 1 amide bonds. The van der Waals surface area contributed by atoms with E-state index in [1.807, 2.05) is 51.1 Å². The Morgan fingerprint density at radius 3 is 2.46 bits per heavy atom. The molecule has 2 aliphatic carbocycles. The zero-order valence-corrected chi connectivity index (χ0v) is 16.0. The molecule has 0 spiro atoms. The van der Waals surface area contributed by atoms with Crippen LogP contribution in [0, 0.1) is 23.7 Å². The van der Waals surface area contributed by atoms with Gasteiger partial charge in [-0.3, -0.25) is 4.79 Å². The maximum atomic E-state index is 12.6. The second kappa shape index (κ2) is 7.29. The number of ether oxygens (including phenoxy) is 2. The molecule has 0 aromatic heterocycles. The molecule has 1 aromatic carbocycles. The molecule has 5 heteroatoms. The van der Waals surface area contributed by atoms with E-state index >= 15 is 0 Å². The Bertz CT molecular complexity index is 650. The third-order valence-corrected chi connectivity index (χ3v) is 5.60. The summed E-state index contributed by atoms with van der Waals surface area (Å²) in [5, 5.41) is 3.00. The van der Waals surface area contributed by atoms with Gasteiger partial charge in [-0.15, -0.1) is 0 Å². The van der Waals surface area contributed by atoms with Gasteiger partial charge in [0, 0.05) is 6.04 Å². The first-order chi connectivity index (χ1) is 12.2. The van der Waals surface area contributed by atoms with Gasteiger partial charge in [-0.05, 0) is 56.9 Å². The summed E-state index contributed by atoms with van der Waals surface area (Å²) in [5.74, 6) is 0.613. The van der Waals surface area contributed by atoms with Gasteiger partial charge in [0.1, 0.15) is 12.2 Å². The quantitative estimate of drug-likeness (QED) is 0.828. The molecule has 142 valence electrons. The minimum Gasteiger partial charge on any atom is -0.461 e. The Balaban J connectivity index is 1.53. The molecular weight excluding hydrogens is 330 g/mol. The Hall–Kier alpha value is -2.04. The molecule has 0 saturated heterocycles. The van der Waals surface area contributed by atoms with Crippen molar-refractivity contribution in [3.63, 3.8) is 0 Å². The topological polar surface area (TPSA) is 64.6 Å². The number of alkyl carbamates (subject to hydrolysis) is 1. The standard InChI is InChI=1S/C21H29NO4/c1-13-16-10-15(11-17(16)22-20(24)26-21(2,3)4)18(13)19(23)25-12-14-8-6-5-7-9-14/h5-9,13,15-18H,10-12H2,1-4H3,(H,22,24)/t13-,15?,16?,17-,18+/m0/s1. The van der Waals surface area contributed by atoms with Crippen molar-refractivity contribution in [3.05, 3.63) is 35.9 Å². The molecule has 2 unspecified atom stereocenters. The van der Waals surface area contributed by atoms with E-state index in [1.165, 1.54) is 0 Å². The van der Waals surface area contributed by atoms with Crippen LogP contribution < -0.4 is 5.32 Å². The minimum atomic E-state index is -0.503. The molecule has 1 aromatic rings. The van der Waals surface area contributed by atoms with Crippen molar-refractivity contribution < 1.29 is 19.1 Å². The summed E-state index contributed by atoms with van der Waals surface area (Å²) in [5.41, 5.74) is 0.498. The summed E-state index contributed by atoms with van der Waals surface area (Å²) >= 11 is 0. The van der Waals surface area contributed by atoms with Crippen LogP contribution in [0.25, 0.3) is 0 Å². The Labute approximate surface area is 155 Å². The van der Waals surface area contributed by atoms with Crippen LogP contribution in [-0.2, 0) is 20.9 Å². The van der Waals surface area contributed by atoms with Gasteiger partial charge in [0.2, 0.25) is 0 Å². The van der Waals surface area contributed by atoms with Crippen molar-refractivity contribution in [1.82, 2.24) is 5.32 Å². The van der Waals surface area contributed by atoms with Crippen molar-refractivity contribution in [3.8, 4) is 0 Å². The normalized spacial score (nSPS) is 30.1. The molecule has 2 aliphatic rings. The molecule has 26 heavy (non-hydrogen) atoms. The van der Waals surface area contributed by atoms with E-state index in [4.69, 9.17) is 9.47 Å². The van der Waals surface area contributed by atoms with E-state index < -0.39 is 5.60 Å². The number of hydrogen-bond acceptors (Lipinski definition) is 4. The smallest absolute Gasteiger partial charge is 0.407 e. The molecule has 0 heterocycles. The third-order valence-electron chi connectivity index (χ3n) is 5.60. The highest BCUT2D eigenvalue weighted by molar-refractivity contribution is 5.74. The zero-order valence-electron chi connectivity index (χ0n) is 16.0. The van der Waals surface area contributed by atoms with Gasteiger partial charge < -0.3 is 14.8 Å². The summed E-state index contributed by atoms with van der Waals surface area (Å²) in [6.07, 6.45) is 1.41. The number of nitrogens with one attached hydrogen (secondary N) is 1. The lowest BCUT2D eigenvalue weighted by Crippen LogP contribution is -2.46. The fourth-order valence-electron chi connectivity index (χ4n) is 4.54. The van der Waals surface area contributed by atoms with Crippen LogP contribution in [0.3, 0.4) is 0 Å². The van der Waals surface area contributed by atoms with Gasteiger partial charge in [-0.2, -0.15) is 0 Å². The molecule has 2 bridgehead atoms. The Kier molecular flexibility index (Phi) is 5.26. The van der Waals surface area contributed by atoms with Crippen LogP contribution >= 0.6 is 0 Å². The fourth-order valence-corrected chi connectivity index (χ4v) is 4.54. The van der Waals surface area contributed by atoms with Gasteiger partial charge in [0.25, 0.3) is 0 Å². The van der Waals surface area contributed by atoms with E-state index in [0.717, 1.165) is 18.4 Å². The first kappa shape index (κ1) is 18.7. The Morgan fingerprint density at radius 2 is 1.85 bits per heavy atom. The van der Waals surface area contributed by atoms with E-state index in [2.05, 4.69) is 12.2 Å². The van der Waals surface area contributed by atoms with Gasteiger partial charge in [-0.25, -0.2) is 4.79 Å². The second-order valence-electron chi connectivity index (χ2n) is 8.63. The minimum absolute atomic E-state index is 0.0691. The highest BCUT2D eigenvalue weighted by atomic mass is 16.6. The lowest BCUT2D eigenvalue weighted by Gasteiger charge is -2.33. The lowest BCUT2D eigenvalue weighted by atomic mass is 9.78. The van der Waals surface area contributed by atoms with Gasteiger partial charge in [0.15, 0.2) is 0 Å². The van der Waals surface area contributed by atoms with Crippen molar-refractivity contribution in [2.45, 2.75) is 58.8 Å². The number of carbonyl (C=O) groups excluding carboxylic acids is 2. The van der Waals surface area contributed by atoms with E-state index in [0.29, 0.717) is 12.5 Å². The van der Waals surface area contributed by atoms with Crippen LogP contribution in [0.2, 0.25) is 0 Å². The maximum absolute atomic E-state index is 12.6. The fraction of sp³-hybridized carbons (Fsp3) is 0.619. The van der Waals surface area contributed by atoms with Gasteiger partial charge in [0.05, 0.1) is 5.92 Å². The predicted octanol–water partition coefficient (Wildman–Crippen LogP) is 3.92. The van der Waals surface area contributed by atoms with Crippen LogP contribution in [0.4, 0.5) is 4.79 Å². The molecule has 5 atom stereocenters. The number of hydrogen-bond donors (Lipinski definition) is 1. The van der Waals surface area contributed by atoms with Crippen LogP contribution in [0.1, 0.15) is 46.1 Å². The van der Waals surface area contributed by atoms with E-state index in [1.54, 1.807) is 0 Å². The van der Waals surface area contributed by atoms with Crippen LogP contribution in [0.15, 0.2) is 30.3 Å². The number of rotatable bonds is 4. The SMILES string of the molecule is C[C@H]1C2CC(C[C@@H]2NC(=O)OC(C)(C)C)[C@@H]1C(=O)OCc1ccccc1. The molecule has 2 saturated carbocycles. The Morgan fingerprint density at radius 1 is 1.15 bits per heavy atom. The molecule has 1 N–H and O–H groups in total. The number of amides is 1. The van der Waals surface area contributed by atoms with Crippen LogP contribution in [0.5, 0.6) is 0 Å². The summed E-state index contributed by atoms with van der Waals surface area (Å²) in [6.45, 7) is 7.99. The van der Waals surface area contributed by atoms with Crippen molar-refractivity contribution >= 4 is 12.1 Å². The summed E-state index contributed by atoms with van der Waals surface area (Å²) < 4.78 is 10.9. The average molecular weight is 359 g/mol. The number of benzene rings is 1. The molecule has 0 radical (unpaired) electrons. The number of fused-ring (bicyclic) bond motifs is 2. The van der Waals surface area contributed by atoms with Gasteiger partial charge in [-0.1, -0.05) is 37.3 Å². The summed E-state index contributed by atoms with van der Waals surface area (Å²) in [4.78, 5) is 24.6. The van der Waals surface area contributed by atoms with E-state index in [9.17, 15) is 9.59 Å². The molecule has 0 aliphatic heterocycles. The average Bonchev–Trinajstić information content (AvgIpc) is 3.09. The highest BCUT2D eigenvalue weighted by Crippen LogP contribution is 2.52. The number of esters is 1. The predicted molar refractivity (Wildman–Crippen MR) is 98.3 cm³/mol. The third kappa shape index (κ3) is 4.19.